The van der Waals surface area contributed by atoms with Gasteiger partial charge in [0.15, 0.2) is 10.8 Å². The number of aromatic nitrogens is 3. The molecule has 3 heterocycles. The predicted octanol–water partition coefficient (Wildman–Crippen LogP) is 4.40. The van der Waals surface area contributed by atoms with Crippen molar-refractivity contribution >= 4 is 56.5 Å². The van der Waals surface area contributed by atoms with Crippen molar-refractivity contribution in [3.8, 4) is 0 Å². The van der Waals surface area contributed by atoms with E-state index in [1.807, 2.05) is 26.0 Å². The van der Waals surface area contributed by atoms with Gasteiger partial charge >= 0.3 is 0 Å². The summed E-state index contributed by atoms with van der Waals surface area (Å²) in [5.41, 5.74) is 10.9. The van der Waals surface area contributed by atoms with Gasteiger partial charge in [0.25, 0.3) is 5.91 Å². The number of benzene rings is 1. The van der Waals surface area contributed by atoms with Crippen molar-refractivity contribution in [1.82, 2.24) is 14.6 Å². The van der Waals surface area contributed by atoms with E-state index in [2.05, 4.69) is 45.9 Å². The van der Waals surface area contributed by atoms with Gasteiger partial charge in [0.2, 0.25) is 5.91 Å². The summed E-state index contributed by atoms with van der Waals surface area (Å²) in [6, 6.07) is 8.25. The van der Waals surface area contributed by atoms with Gasteiger partial charge in [-0.1, -0.05) is 30.0 Å². The fourth-order valence-corrected chi connectivity index (χ4v) is 5.62. The van der Waals surface area contributed by atoms with Crippen LogP contribution in [0.2, 0.25) is 0 Å². The number of amides is 2. The number of nitrogens with two attached hydrogens (primary N) is 1. The molecule has 0 aliphatic heterocycles. The molecule has 2 amide bonds. The van der Waals surface area contributed by atoms with Gasteiger partial charge in [-0.15, -0.1) is 21.5 Å². The molecule has 0 saturated heterocycles. The van der Waals surface area contributed by atoms with Crippen LogP contribution in [0.3, 0.4) is 0 Å². The number of thiophene rings is 1. The molecular weight excluding hydrogens is 430 g/mol. The number of rotatable bonds is 6. The van der Waals surface area contributed by atoms with E-state index in [-0.39, 0.29) is 12.3 Å². The van der Waals surface area contributed by atoms with Crippen LogP contribution in [0.25, 0.3) is 16.6 Å². The molecule has 0 bridgehead atoms. The van der Waals surface area contributed by atoms with Crippen molar-refractivity contribution < 1.29 is 9.59 Å². The lowest BCUT2D eigenvalue weighted by Crippen LogP contribution is -2.17. The number of aryl methyl sites for hydroxylation is 3. The van der Waals surface area contributed by atoms with Gasteiger partial charge in [-0.2, -0.15) is 0 Å². The number of thioether (sulfide) groups is 1. The molecule has 3 N–H and O–H groups in total. The van der Waals surface area contributed by atoms with Crippen molar-refractivity contribution in [3.63, 3.8) is 0 Å². The van der Waals surface area contributed by atoms with Crippen LogP contribution in [0, 0.1) is 27.7 Å². The number of anilines is 1. The van der Waals surface area contributed by atoms with E-state index in [1.165, 1.54) is 23.1 Å². The molecule has 9 heteroatoms. The molecule has 160 valence electrons. The summed E-state index contributed by atoms with van der Waals surface area (Å²) >= 11 is 2.85. The van der Waals surface area contributed by atoms with E-state index < -0.39 is 5.91 Å². The quantitative estimate of drug-likeness (QED) is 0.421. The van der Waals surface area contributed by atoms with Gasteiger partial charge in [0.05, 0.1) is 11.1 Å². The lowest BCUT2D eigenvalue weighted by atomic mass is 10.1. The van der Waals surface area contributed by atoms with Crippen LogP contribution < -0.4 is 11.1 Å². The first-order valence-electron chi connectivity index (χ1n) is 9.84. The number of nitrogens with one attached hydrogen (secondary N) is 1. The second-order valence-electron chi connectivity index (χ2n) is 7.47. The molecule has 31 heavy (non-hydrogen) atoms. The summed E-state index contributed by atoms with van der Waals surface area (Å²) in [6.45, 7) is 7.89. The van der Waals surface area contributed by atoms with Crippen LogP contribution in [0.1, 0.15) is 38.3 Å². The minimum atomic E-state index is -0.529. The van der Waals surface area contributed by atoms with E-state index in [4.69, 9.17) is 5.73 Å². The molecule has 0 saturated carbocycles. The summed E-state index contributed by atoms with van der Waals surface area (Å²) in [5.74, 6) is -0.163. The van der Waals surface area contributed by atoms with Gasteiger partial charge in [-0.3, -0.25) is 14.0 Å². The van der Waals surface area contributed by atoms with Gasteiger partial charge in [-0.25, -0.2) is 0 Å². The molecular formula is C22H23N5O2S2. The molecule has 0 aliphatic carbocycles. The largest absolute Gasteiger partial charge is 0.365 e. The summed E-state index contributed by atoms with van der Waals surface area (Å²) < 4.78 is 2.05. The number of pyridine rings is 1. The number of nitrogens with zero attached hydrogens (tertiary/aromatic N) is 3. The number of fused-ring (bicyclic) bond motifs is 3. The normalized spacial score (nSPS) is 11.4. The highest BCUT2D eigenvalue weighted by Gasteiger charge is 2.19. The molecule has 0 spiro atoms. The SMILES string of the molecule is Cc1sc(NC(=O)CCSc2nnc3cc(C)c4cccc(C)c4n23)c(C(N)=O)c1C. The topological polar surface area (TPSA) is 102 Å². The fraction of sp³-hybridized carbons (Fsp3) is 0.273. The number of hydrogen-bond donors (Lipinski definition) is 2. The van der Waals surface area contributed by atoms with E-state index in [1.54, 1.807) is 0 Å². The molecule has 4 aromatic rings. The van der Waals surface area contributed by atoms with Crippen molar-refractivity contribution in [2.75, 3.05) is 11.1 Å². The van der Waals surface area contributed by atoms with E-state index in [0.29, 0.717) is 16.3 Å². The Morgan fingerprint density at radius 2 is 1.94 bits per heavy atom. The van der Waals surface area contributed by atoms with Gasteiger partial charge in [0, 0.05) is 22.4 Å². The summed E-state index contributed by atoms with van der Waals surface area (Å²) in [7, 11) is 0. The highest BCUT2D eigenvalue weighted by molar-refractivity contribution is 7.99. The van der Waals surface area contributed by atoms with E-state index in [0.717, 1.165) is 43.3 Å². The Hall–Kier alpha value is -2.91. The van der Waals surface area contributed by atoms with Crippen LogP contribution in [0.15, 0.2) is 29.4 Å². The number of para-hydroxylation sites is 1. The zero-order chi connectivity index (χ0) is 22.3. The maximum atomic E-state index is 12.5. The Morgan fingerprint density at radius 1 is 1.16 bits per heavy atom. The zero-order valence-electron chi connectivity index (χ0n) is 17.8. The van der Waals surface area contributed by atoms with Crippen molar-refractivity contribution in [2.24, 2.45) is 5.73 Å². The third-order valence-corrected chi connectivity index (χ3v) is 7.39. The monoisotopic (exact) mass is 453 g/mol. The van der Waals surface area contributed by atoms with Crippen LogP contribution >= 0.6 is 23.1 Å². The van der Waals surface area contributed by atoms with Gasteiger partial charge in [-0.05, 0) is 50.5 Å². The lowest BCUT2D eigenvalue weighted by Gasteiger charge is -2.10. The smallest absolute Gasteiger partial charge is 0.251 e. The minimum absolute atomic E-state index is 0.165. The highest BCUT2D eigenvalue weighted by atomic mass is 32.2. The minimum Gasteiger partial charge on any atom is -0.365 e. The predicted molar refractivity (Wildman–Crippen MR) is 126 cm³/mol. The molecule has 4 rings (SSSR count). The van der Waals surface area contributed by atoms with Crippen molar-refractivity contribution in [2.45, 2.75) is 39.3 Å². The maximum Gasteiger partial charge on any atom is 0.251 e. The third-order valence-electron chi connectivity index (χ3n) is 5.34. The molecule has 0 fully saturated rings. The summed E-state index contributed by atoms with van der Waals surface area (Å²) in [5, 5.41) is 13.9. The average Bonchev–Trinajstić information content (AvgIpc) is 3.22. The Balaban J connectivity index is 1.52. The Bertz CT molecular complexity index is 1340. The standard InChI is InChI=1S/C22H23N5O2S2/c1-11-6-5-7-15-12(2)10-16-25-26-22(27(16)19(11)15)30-9-8-17(28)24-21-18(20(23)29)13(3)14(4)31-21/h5-7,10H,8-9H2,1-4H3,(H2,23,29)(H,24,28). The van der Waals surface area contributed by atoms with E-state index in [9.17, 15) is 9.59 Å². The van der Waals surface area contributed by atoms with Crippen LogP contribution in [0.4, 0.5) is 5.00 Å². The first-order chi connectivity index (χ1) is 14.8. The molecule has 0 aliphatic rings. The van der Waals surface area contributed by atoms with Crippen LogP contribution in [-0.2, 0) is 4.79 Å². The van der Waals surface area contributed by atoms with Crippen molar-refractivity contribution in [1.29, 1.82) is 0 Å². The maximum absolute atomic E-state index is 12.5. The first kappa shape index (κ1) is 21.3. The number of primary amides is 1. The van der Waals surface area contributed by atoms with E-state index >= 15 is 0 Å². The Kier molecular flexibility index (Phi) is 5.72. The second kappa shape index (κ2) is 8.32. The third kappa shape index (κ3) is 3.90. The Morgan fingerprint density at radius 3 is 2.68 bits per heavy atom. The molecule has 0 radical (unpaired) electrons. The second-order valence-corrected chi connectivity index (χ2v) is 9.76. The molecule has 7 nitrogen and oxygen atoms in total. The first-order valence-corrected chi connectivity index (χ1v) is 11.6. The van der Waals surface area contributed by atoms with Gasteiger partial charge < -0.3 is 11.1 Å². The average molecular weight is 454 g/mol. The number of carbonyl (C=O) groups excluding carboxylic acids is 2. The highest BCUT2D eigenvalue weighted by Crippen LogP contribution is 2.32. The van der Waals surface area contributed by atoms with Crippen molar-refractivity contribution in [3.05, 3.63) is 51.4 Å². The zero-order valence-corrected chi connectivity index (χ0v) is 19.4. The fourth-order valence-electron chi connectivity index (χ4n) is 3.66. The summed E-state index contributed by atoms with van der Waals surface area (Å²) in [6.07, 6.45) is 0.274. The van der Waals surface area contributed by atoms with Crippen LogP contribution in [0.5, 0.6) is 0 Å². The molecule has 1 aromatic carbocycles. The summed E-state index contributed by atoms with van der Waals surface area (Å²) in [4.78, 5) is 25.2. The molecule has 0 atom stereocenters. The van der Waals surface area contributed by atoms with Gasteiger partial charge in [0.1, 0.15) is 5.00 Å². The lowest BCUT2D eigenvalue weighted by molar-refractivity contribution is -0.115. The molecule has 0 unspecified atom stereocenters. The van der Waals surface area contributed by atoms with Crippen LogP contribution in [-0.4, -0.2) is 32.2 Å². The number of hydrogen-bond acceptors (Lipinski definition) is 6. The number of carbonyl (C=O) groups is 2. The Labute approximate surface area is 188 Å². The molecule has 3 aromatic heterocycles.